The van der Waals surface area contributed by atoms with Crippen molar-refractivity contribution in [1.29, 1.82) is 0 Å². The van der Waals surface area contributed by atoms with Crippen LogP contribution in [0.25, 0.3) is 0 Å². The summed E-state index contributed by atoms with van der Waals surface area (Å²) in [7, 11) is 1.58. The molecule has 0 aromatic heterocycles. The second kappa shape index (κ2) is 6.85. The molecule has 2 aromatic rings. The molecule has 0 heterocycles. The van der Waals surface area contributed by atoms with Gasteiger partial charge in [0.1, 0.15) is 5.75 Å². The number of non-ortho nitro benzene ring substituents is 1. The number of halogens is 1. The monoisotopic (exact) mass is 349 g/mol. The van der Waals surface area contributed by atoms with Gasteiger partial charge in [-0.2, -0.15) is 5.10 Å². The summed E-state index contributed by atoms with van der Waals surface area (Å²) < 4.78 is 6.13. The molecule has 7 heteroatoms. The first-order valence-electron chi connectivity index (χ1n) is 5.97. The highest BCUT2D eigenvalue weighted by Gasteiger charge is 2.05. The van der Waals surface area contributed by atoms with Crippen molar-refractivity contribution in [2.75, 3.05) is 12.5 Å². The van der Waals surface area contributed by atoms with Gasteiger partial charge in [0.15, 0.2) is 0 Å². The number of rotatable bonds is 5. The average Bonchev–Trinajstić information content (AvgIpc) is 2.48. The van der Waals surface area contributed by atoms with Crippen LogP contribution in [0.15, 0.2) is 52.0 Å². The van der Waals surface area contributed by atoms with Gasteiger partial charge in [0, 0.05) is 22.2 Å². The van der Waals surface area contributed by atoms with Crippen molar-refractivity contribution >= 4 is 33.5 Å². The highest BCUT2D eigenvalue weighted by atomic mass is 79.9. The molecule has 0 spiro atoms. The Hall–Kier alpha value is -2.41. The number of nitrogens with zero attached hydrogens (tertiary/aromatic N) is 2. The molecule has 21 heavy (non-hydrogen) atoms. The normalized spacial score (nSPS) is 10.6. The minimum absolute atomic E-state index is 0.00948. The van der Waals surface area contributed by atoms with E-state index in [1.807, 2.05) is 18.2 Å². The topological polar surface area (TPSA) is 76.8 Å². The van der Waals surface area contributed by atoms with Crippen LogP contribution in [-0.4, -0.2) is 18.2 Å². The fraction of sp³-hybridized carbons (Fsp3) is 0.0714. The molecule has 0 unspecified atom stereocenters. The Labute approximate surface area is 129 Å². The minimum Gasteiger partial charge on any atom is -0.496 e. The summed E-state index contributed by atoms with van der Waals surface area (Å²) in [4.78, 5) is 10.2. The molecule has 0 aliphatic carbocycles. The smallest absolute Gasteiger partial charge is 0.271 e. The largest absolute Gasteiger partial charge is 0.496 e. The lowest BCUT2D eigenvalue weighted by atomic mass is 10.2. The lowest BCUT2D eigenvalue weighted by molar-refractivity contribution is -0.384. The Balaban J connectivity index is 2.14. The molecule has 0 fully saturated rings. The van der Waals surface area contributed by atoms with E-state index >= 15 is 0 Å². The van der Waals surface area contributed by atoms with Gasteiger partial charge in [-0.25, -0.2) is 0 Å². The number of nitrogens with one attached hydrogen (secondary N) is 1. The van der Waals surface area contributed by atoms with Gasteiger partial charge < -0.3 is 4.74 Å². The maximum Gasteiger partial charge on any atom is 0.271 e. The van der Waals surface area contributed by atoms with Crippen LogP contribution < -0.4 is 10.2 Å². The summed E-state index contributed by atoms with van der Waals surface area (Å²) in [5.74, 6) is 0.683. The lowest BCUT2D eigenvalue weighted by Crippen LogP contribution is -1.95. The molecule has 0 amide bonds. The lowest BCUT2D eigenvalue weighted by Gasteiger charge is -2.05. The van der Waals surface area contributed by atoms with Crippen LogP contribution in [0.3, 0.4) is 0 Å². The number of hydrazone groups is 1. The van der Waals surface area contributed by atoms with E-state index in [4.69, 9.17) is 4.74 Å². The van der Waals surface area contributed by atoms with Gasteiger partial charge >= 0.3 is 0 Å². The van der Waals surface area contributed by atoms with Crippen LogP contribution in [0.1, 0.15) is 5.56 Å². The molecule has 1 N–H and O–H groups in total. The van der Waals surface area contributed by atoms with Gasteiger partial charge in [0.05, 0.1) is 23.9 Å². The van der Waals surface area contributed by atoms with Crippen molar-refractivity contribution < 1.29 is 9.66 Å². The van der Waals surface area contributed by atoms with Gasteiger partial charge in [-0.05, 0) is 24.3 Å². The molecular formula is C14H12BrN3O3. The summed E-state index contributed by atoms with van der Waals surface area (Å²) in [6, 6.07) is 11.7. The van der Waals surface area contributed by atoms with E-state index in [2.05, 4.69) is 26.5 Å². The number of hydrogen-bond acceptors (Lipinski definition) is 5. The van der Waals surface area contributed by atoms with Crippen molar-refractivity contribution in [1.82, 2.24) is 0 Å². The minimum atomic E-state index is -0.452. The number of benzene rings is 2. The SMILES string of the molecule is COc1ccc(Br)cc1/C=N/Nc1cccc([N+](=O)[O-])c1. The molecule has 0 saturated heterocycles. The standard InChI is InChI=1S/C14H12BrN3O3/c1-21-14-6-5-11(15)7-10(14)9-16-17-12-3-2-4-13(8-12)18(19)20/h2-9,17H,1H3/b16-9+. The summed E-state index contributed by atoms with van der Waals surface area (Å²) in [5, 5.41) is 14.8. The Morgan fingerprint density at radius 1 is 1.33 bits per heavy atom. The number of nitro groups is 1. The van der Waals surface area contributed by atoms with Gasteiger partial charge in [-0.1, -0.05) is 22.0 Å². The predicted octanol–water partition coefficient (Wildman–Crippen LogP) is 3.81. The molecule has 2 rings (SSSR count). The first-order chi connectivity index (χ1) is 10.1. The van der Waals surface area contributed by atoms with Gasteiger partial charge in [0.2, 0.25) is 0 Å². The van der Waals surface area contributed by atoms with E-state index in [1.54, 1.807) is 25.5 Å². The van der Waals surface area contributed by atoms with Gasteiger partial charge in [0.25, 0.3) is 5.69 Å². The number of hydrogen-bond donors (Lipinski definition) is 1. The van der Waals surface area contributed by atoms with Crippen LogP contribution in [0.5, 0.6) is 5.75 Å². The molecule has 0 radical (unpaired) electrons. The highest BCUT2D eigenvalue weighted by Crippen LogP contribution is 2.21. The van der Waals surface area contributed by atoms with Crippen LogP contribution in [-0.2, 0) is 0 Å². The average molecular weight is 350 g/mol. The van der Waals surface area contributed by atoms with Crippen molar-refractivity contribution in [3.05, 3.63) is 62.6 Å². The molecule has 0 aliphatic rings. The molecule has 0 aliphatic heterocycles. The summed E-state index contributed by atoms with van der Waals surface area (Å²) in [6.45, 7) is 0. The fourth-order valence-corrected chi connectivity index (χ4v) is 2.05. The van der Waals surface area contributed by atoms with Crippen LogP contribution in [0, 0.1) is 10.1 Å². The molecule has 108 valence electrons. The number of methoxy groups -OCH3 is 1. The summed E-state index contributed by atoms with van der Waals surface area (Å²) in [5.41, 5.74) is 4.08. The fourth-order valence-electron chi connectivity index (χ4n) is 1.67. The zero-order chi connectivity index (χ0) is 15.2. The Kier molecular flexibility index (Phi) is 4.89. The zero-order valence-electron chi connectivity index (χ0n) is 11.1. The van der Waals surface area contributed by atoms with Crippen LogP contribution >= 0.6 is 15.9 Å². The van der Waals surface area contributed by atoms with E-state index in [1.165, 1.54) is 12.1 Å². The number of nitro benzene ring substituents is 1. The van der Waals surface area contributed by atoms with E-state index < -0.39 is 4.92 Å². The first kappa shape index (κ1) is 15.0. The van der Waals surface area contributed by atoms with Gasteiger partial charge in [-0.15, -0.1) is 0 Å². The molecule has 0 saturated carbocycles. The Bertz CT molecular complexity index is 689. The maximum atomic E-state index is 10.7. The van der Waals surface area contributed by atoms with E-state index in [0.29, 0.717) is 11.4 Å². The van der Waals surface area contributed by atoms with E-state index in [9.17, 15) is 10.1 Å². The van der Waals surface area contributed by atoms with Crippen molar-refractivity contribution in [2.24, 2.45) is 5.10 Å². The third kappa shape index (κ3) is 4.03. The summed E-state index contributed by atoms with van der Waals surface area (Å²) >= 11 is 3.38. The molecule has 2 aromatic carbocycles. The third-order valence-corrected chi connectivity index (χ3v) is 3.14. The van der Waals surface area contributed by atoms with Crippen LogP contribution in [0.2, 0.25) is 0 Å². The third-order valence-electron chi connectivity index (χ3n) is 2.65. The first-order valence-corrected chi connectivity index (χ1v) is 6.76. The summed E-state index contributed by atoms with van der Waals surface area (Å²) in [6.07, 6.45) is 1.59. The van der Waals surface area contributed by atoms with Gasteiger partial charge in [-0.3, -0.25) is 15.5 Å². The van der Waals surface area contributed by atoms with Crippen molar-refractivity contribution in [3.63, 3.8) is 0 Å². The quantitative estimate of drug-likeness (QED) is 0.505. The predicted molar refractivity (Wildman–Crippen MR) is 85.0 cm³/mol. The van der Waals surface area contributed by atoms with E-state index in [0.717, 1.165) is 10.0 Å². The highest BCUT2D eigenvalue weighted by molar-refractivity contribution is 9.10. The number of anilines is 1. The molecule has 0 bridgehead atoms. The molecular weight excluding hydrogens is 338 g/mol. The Morgan fingerprint density at radius 3 is 2.86 bits per heavy atom. The van der Waals surface area contributed by atoms with Crippen molar-refractivity contribution in [2.45, 2.75) is 0 Å². The Morgan fingerprint density at radius 2 is 2.14 bits per heavy atom. The second-order valence-corrected chi connectivity index (χ2v) is 4.98. The zero-order valence-corrected chi connectivity index (χ0v) is 12.7. The van der Waals surface area contributed by atoms with Crippen LogP contribution in [0.4, 0.5) is 11.4 Å². The van der Waals surface area contributed by atoms with E-state index in [-0.39, 0.29) is 5.69 Å². The van der Waals surface area contributed by atoms with Crippen molar-refractivity contribution in [3.8, 4) is 5.75 Å². The maximum absolute atomic E-state index is 10.7. The number of ether oxygens (including phenoxy) is 1. The molecule has 0 atom stereocenters. The second-order valence-electron chi connectivity index (χ2n) is 4.06. The molecule has 6 nitrogen and oxygen atoms in total.